The highest BCUT2D eigenvalue weighted by Gasteiger charge is 2.50. The van der Waals surface area contributed by atoms with Gasteiger partial charge in [-0.2, -0.15) is 0 Å². The van der Waals surface area contributed by atoms with Gasteiger partial charge in [0, 0.05) is 6.42 Å². The number of carbonyl (C=O) groups excluding carboxylic acids is 1. The lowest BCUT2D eigenvalue weighted by Crippen LogP contribution is -2.28. The first-order valence-corrected chi connectivity index (χ1v) is 4.91. The van der Waals surface area contributed by atoms with Crippen molar-refractivity contribution in [1.29, 1.82) is 0 Å². The molecule has 0 saturated heterocycles. The van der Waals surface area contributed by atoms with E-state index in [9.17, 15) is 4.79 Å². The van der Waals surface area contributed by atoms with Crippen LogP contribution in [0.2, 0.25) is 0 Å². The number of hydrogen-bond donors (Lipinski definition) is 1. The van der Waals surface area contributed by atoms with Gasteiger partial charge < -0.3 is 5.11 Å². The van der Waals surface area contributed by atoms with Crippen molar-refractivity contribution in [3.05, 3.63) is 0 Å². The number of rotatable bonds is 1. The van der Waals surface area contributed by atoms with Crippen molar-refractivity contribution in [2.45, 2.75) is 39.5 Å². The molecule has 0 heterocycles. The Labute approximate surface area is 74.0 Å². The quantitative estimate of drug-likeness (QED) is 0.651. The maximum Gasteiger partial charge on any atom is 0.141 e. The second-order valence-electron chi connectivity index (χ2n) is 3.67. The molecule has 2 unspecified atom stereocenters. The number of ketones is 1. The van der Waals surface area contributed by atoms with Crippen LogP contribution in [-0.4, -0.2) is 17.5 Å². The molecule has 0 radical (unpaired) electrons. The van der Waals surface area contributed by atoms with Crippen molar-refractivity contribution >= 4 is 5.78 Å². The molecule has 2 aliphatic rings. The summed E-state index contributed by atoms with van der Waals surface area (Å²) in [5.41, 5.74) is -0.273. The van der Waals surface area contributed by atoms with Gasteiger partial charge in [0.25, 0.3) is 0 Å². The van der Waals surface area contributed by atoms with Gasteiger partial charge in [-0.3, -0.25) is 4.79 Å². The maximum atomic E-state index is 11.2. The minimum Gasteiger partial charge on any atom is -0.395 e. The normalized spacial score (nSPS) is 37.9. The molecule has 2 rings (SSSR count). The molecule has 2 saturated carbocycles. The van der Waals surface area contributed by atoms with Crippen molar-refractivity contribution in [2.24, 2.45) is 11.3 Å². The summed E-state index contributed by atoms with van der Waals surface area (Å²) < 4.78 is 0. The van der Waals surface area contributed by atoms with Crippen molar-refractivity contribution in [1.82, 2.24) is 0 Å². The third-order valence-electron chi connectivity index (χ3n) is 3.08. The predicted octanol–water partition coefficient (Wildman–Crippen LogP) is 1.76. The zero-order valence-corrected chi connectivity index (χ0v) is 7.97. The van der Waals surface area contributed by atoms with E-state index in [-0.39, 0.29) is 12.0 Å². The monoisotopic (exact) mass is 170 g/mol. The van der Waals surface area contributed by atoms with Gasteiger partial charge in [-0.05, 0) is 25.2 Å². The molecular weight excluding hydrogens is 152 g/mol. The van der Waals surface area contributed by atoms with E-state index in [2.05, 4.69) is 0 Å². The fourth-order valence-electron chi connectivity index (χ4n) is 2.38. The lowest BCUT2D eigenvalue weighted by Gasteiger charge is -2.20. The molecule has 2 nitrogen and oxygen atoms in total. The zero-order valence-electron chi connectivity index (χ0n) is 7.97. The van der Waals surface area contributed by atoms with Gasteiger partial charge in [0.1, 0.15) is 5.78 Å². The third kappa shape index (κ3) is 1.28. The van der Waals surface area contributed by atoms with Crippen LogP contribution in [0, 0.1) is 11.3 Å². The number of aliphatic hydroxyl groups excluding tert-OH is 1. The van der Waals surface area contributed by atoms with Crippen LogP contribution in [0.1, 0.15) is 39.5 Å². The molecule has 0 aromatic rings. The molecule has 2 fully saturated rings. The second-order valence-corrected chi connectivity index (χ2v) is 3.67. The summed E-state index contributed by atoms with van der Waals surface area (Å²) in [4.78, 5) is 11.2. The molecule has 0 aromatic heterocycles. The highest BCUT2D eigenvalue weighted by Crippen LogP contribution is 2.51. The van der Waals surface area contributed by atoms with Crippen LogP contribution in [0.5, 0.6) is 0 Å². The number of aliphatic hydroxyl groups is 1. The molecule has 0 amide bonds. The third-order valence-corrected chi connectivity index (χ3v) is 3.08. The van der Waals surface area contributed by atoms with Crippen molar-refractivity contribution < 1.29 is 9.90 Å². The Morgan fingerprint density at radius 3 is 2.50 bits per heavy atom. The van der Waals surface area contributed by atoms with Crippen LogP contribution < -0.4 is 0 Å². The highest BCUT2D eigenvalue weighted by molar-refractivity contribution is 5.88. The molecular formula is C10H18O2. The van der Waals surface area contributed by atoms with E-state index in [1.807, 2.05) is 13.8 Å². The topological polar surface area (TPSA) is 37.3 Å². The lowest BCUT2D eigenvalue weighted by atomic mass is 9.84. The van der Waals surface area contributed by atoms with Crippen LogP contribution in [0.25, 0.3) is 0 Å². The molecule has 2 atom stereocenters. The van der Waals surface area contributed by atoms with E-state index in [0.717, 1.165) is 25.7 Å². The van der Waals surface area contributed by atoms with Crippen molar-refractivity contribution in [2.75, 3.05) is 6.61 Å². The fraction of sp³-hybridized carbons (Fsp3) is 0.900. The van der Waals surface area contributed by atoms with Crippen LogP contribution in [0.4, 0.5) is 0 Å². The first kappa shape index (κ1) is 9.72. The summed E-state index contributed by atoms with van der Waals surface area (Å²) in [7, 11) is 0. The van der Waals surface area contributed by atoms with Crippen molar-refractivity contribution in [3.63, 3.8) is 0 Å². The predicted molar refractivity (Wildman–Crippen MR) is 47.8 cm³/mol. The molecule has 2 heteroatoms. The Bertz CT molecular complexity index is 177. The van der Waals surface area contributed by atoms with Crippen molar-refractivity contribution in [3.8, 4) is 0 Å². The van der Waals surface area contributed by atoms with Crippen LogP contribution in [-0.2, 0) is 4.79 Å². The van der Waals surface area contributed by atoms with Gasteiger partial charge in [0.05, 0.1) is 12.0 Å². The first-order chi connectivity index (χ1) is 5.77. The summed E-state index contributed by atoms with van der Waals surface area (Å²) in [6.07, 6.45) is 3.79. The van der Waals surface area contributed by atoms with Gasteiger partial charge in [-0.15, -0.1) is 0 Å². The molecule has 0 aromatic carbocycles. The fourth-order valence-corrected chi connectivity index (χ4v) is 2.38. The molecule has 2 bridgehead atoms. The van der Waals surface area contributed by atoms with Gasteiger partial charge in [-0.25, -0.2) is 0 Å². The van der Waals surface area contributed by atoms with Gasteiger partial charge >= 0.3 is 0 Å². The summed E-state index contributed by atoms with van der Waals surface area (Å²) in [6.45, 7) is 4.09. The summed E-state index contributed by atoms with van der Waals surface area (Å²) >= 11 is 0. The minimum atomic E-state index is -0.273. The Kier molecular flexibility index (Phi) is 2.89. The summed E-state index contributed by atoms with van der Waals surface area (Å²) in [5.74, 6) is 0.922. The smallest absolute Gasteiger partial charge is 0.141 e. The zero-order chi connectivity index (χ0) is 9.19. The number of hydrogen-bond acceptors (Lipinski definition) is 2. The number of Topliss-reactive ketones (excluding diaryl/α,β-unsaturated/α-hetero) is 1. The van der Waals surface area contributed by atoms with Crippen LogP contribution >= 0.6 is 0 Å². The largest absolute Gasteiger partial charge is 0.395 e. The standard InChI is InChI=1S/C8H12O2.C2H6/c9-5-8-2-1-6(4-8)3-7(8)10;1-2/h6,9H,1-5H2;1-2H3. The number of fused-ring (bicyclic) bond motifs is 2. The SMILES string of the molecule is CC.O=C1CC2CCC1(CO)C2. The van der Waals surface area contributed by atoms with Crippen LogP contribution in [0.3, 0.4) is 0 Å². The molecule has 12 heavy (non-hydrogen) atoms. The van der Waals surface area contributed by atoms with E-state index in [0.29, 0.717) is 11.7 Å². The first-order valence-electron chi connectivity index (χ1n) is 4.91. The van der Waals surface area contributed by atoms with Gasteiger partial charge in [0.15, 0.2) is 0 Å². The van der Waals surface area contributed by atoms with Crippen LogP contribution in [0.15, 0.2) is 0 Å². The molecule has 70 valence electrons. The summed E-state index contributed by atoms with van der Waals surface area (Å²) in [6, 6.07) is 0. The molecule has 0 aliphatic heterocycles. The second kappa shape index (κ2) is 3.56. The lowest BCUT2D eigenvalue weighted by molar-refractivity contribution is -0.128. The average Bonchev–Trinajstić information content (AvgIpc) is 2.65. The highest BCUT2D eigenvalue weighted by atomic mass is 16.3. The summed E-state index contributed by atoms with van der Waals surface area (Å²) in [5, 5.41) is 8.99. The van der Waals surface area contributed by atoms with E-state index >= 15 is 0 Å². The maximum absolute atomic E-state index is 11.2. The average molecular weight is 170 g/mol. The van der Waals surface area contributed by atoms with Gasteiger partial charge in [-0.1, -0.05) is 13.8 Å². The number of carbonyl (C=O) groups is 1. The molecule has 2 aliphatic carbocycles. The van der Waals surface area contributed by atoms with E-state index in [4.69, 9.17) is 5.11 Å². The van der Waals surface area contributed by atoms with E-state index in [1.54, 1.807) is 0 Å². The van der Waals surface area contributed by atoms with E-state index in [1.165, 1.54) is 0 Å². The molecule has 0 spiro atoms. The molecule has 1 N–H and O–H groups in total. The minimum absolute atomic E-state index is 0.0856. The Hall–Kier alpha value is -0.370. The Balaban J connectivity index is 0.000000336. The van der Waals surface area contributed by atoms with Gasteiger partial charge in [0.2, 0.25) is 0 Å². The van der Waals surface area contributed by atoms with E-state index < -0.39 is 0 Å². The Morgan fingerprint density at radius 1 is 1.58 bits per heavy atom. The Morgan fingerprint density at radius 2 is 2.25 bits per heavy atom.